The van der Waals surface area contributed by atoms with Crippen LogP contribution in [0.15, 0.2) is 12.2 Å². The quantitative estimate of drug-likeness (QED) is 0.154. The molecule has 0 saturated carbocycles. The third-order valence-corrected chi connectivity index (χ3v) is 4.79. The van der Waals surface area contributed by atoms with Gasteiger partial charge in [-0.15, -0.1) is 0 Å². The Morgan fingerprint density at radius 1 is 0.815 bits per heavy atom. The zero-order valence-corrected chi connectivity index (χ0v) is 17.7. The Labute approximate surface area is 166 Å². The molecule has 0 aromatic rings. The minimum absolute atomic E-state index is 0.00142. The molecule has 1 unspecified atom stereocenters. The van der Waals surface area contributed by atoms with Crippen molar-refractivity contribution in [3.8, 4) is 0 Å². The number of carboxylic acid groups (broad SMARTS) is 1. The number of ether oxygens (including phenoxy) is 1. The first-order valence-corrected chi connectivity index (χ1v) is 11.1. The van der Waals surface area contributed by atoms with Gasteiger partial charge in [-0.25, -0.2) is 0 Å². The van der Waals surface area contributed by atoms with E-state index in [0.717, 1.165) is 32.1 Å². The van der Waals surface area contributed by atoms with Crippen LogP contribution in [0.3, 0.4) is 0 Å². The number of allylic oxidation sites excluding steroid dienone is 2. The van der Waals surface area contributed by atoms with Gasteiger partial charge in [0.2, 0.25) is 0 Å². The van der Waals surface area contributed by atoms with Crippen LogP contribution < -0.4 is 0 Å². The maximum Gasteiger partial charge on any atom is 0.307 e. The number of rotatable bonds is 19. The van der Waals surface area contributed by atoms with Gasteiger partial charge in [0.1, 0.15) is 0 Å². The second kappa shape index (κ2) is 19.4. The standard InChI is InChI=1S/C23H42O4/c1-3-5-6-7-8-9-10-11-12-13-14-15-16-17-18-21(23(25)26)20-22(24)27-19-4-2/h10-11,21H,3-9,12-20H2,1-2H3,(H,25,26)/b11-10+. The molecule has 4 nitrogen and oxygen atoms in total. The topological polar surface area (TPSA) is 63.6 Å². The van der Waals surface area contributed by atoms with Crippen molar-refractivity contribution in [3.05, 3.63) is 12.2 Å². The Morgan fingerprint density at radius 3 is 1.93 bits per heavy atom. The van der Waals surface area contributed by atoms with Gasteiger partial charge in [0.05, 0.1) is 18.9 Å². The molecule has 0 rings (SSSR count). The van der Waals surface area contributed by atoms with Crippen LogP contribution >= 0.6 is 0 Å². The molecule has 0 spiro atoms. The van der Waals surface area contributed by atoms with Gasteiger partial charge in [0.15, 0.2) is 0 Å². The van der Waals surface area contributed by atoms with Crippen molar-refractivity contribution >= 4 is 11.9 Å². The van der Waals surface area contributed by atoms with Crippen LogP contribution in [0.2, 0.25) is 0 Å². The highest BCUT2D eigenvalue weighted by Crippen LogP contribution is 2.17. The molecule has 0 aliphatic carbocycles. The third-order valence-electron chi connectivity index (χ3n) is 4.79. The first-order chi connectivity index (χ1) is 13.1. The van der Waals surface area contributed by atoms with E-state index in [1.54, 1.807) is 0 Å². The zero-order chi connectivity index (χ0) is 20.2. The summed E-state index contributed by atoms with van der Waals surface area (Å²) < 4.78 is 4.99. The number of carbonyl (C=O) groups is 2. The Balaban J connectivity index is 3.57. The number of hydrogen-bond acceptors (Lipinski definition) is 3. The number of esters is 1. The van der Waals surface area contributed by atoms with Crippen LogP contribution in [0.1, 0.15) is 110 Å². The molecule has 0 heterocycles. The Bertz CT molecular complexity index is 390. The number of aliphatic carboxylic acids is 1. The van der Waals surface area contributed by atoms with Gasteiger partial charge in [0.25, 0.3) is 0 Å². The Hall–Kier alpha value is -1.32. The normalized spacial score (nSPS) is 12.4. The summed E-state index contributed by atoms with van der Waals surface area (Å²) in [6.45, 7) is 4.54. The lowest BCUT2D eigenvalue weighted by atomic mass is 9.97. The molecular weight excluding hydrogens is 340 g/mol. The fraction of sp³-hybridized carbons (Fsp3) is 0.826. The smallest absolute Gasteiger partial charge is 0.307 e. The van der Waals surface area contributed by atoms with E-state index in [1.165, 1.54) is 51.4 Å². The van der Waals surface area contributed by atoms with Crippen molar-refractivity contribution in [3.63, 3.8) is 0 Å². The molecule has 0 aromatic carbocycles. The van der Waals surface area contributed by atoms with Crippen molar-refractivity contribution in [1.82, 2.24) is 0 Å². The number of carbonyl (C=O) groups excluding carboxylic acids is 1. The van der Waals surface area contributed by atoms with Crippen molar-refractivity contribution in [2.45, 2.75) is 110 Å². The third kappa shape index (κ3) is 17.8. The van der Waals surface area contributed by atoms with Gasteiger partial charge in [-0.05, 0) is 38.5 Å². The second-order valence-electron chi connectivity index (χ2n) is 7.48. The number of hydrogen-bond donors (Lipinski definition) is 1. The van der Waals surface area contributed by atoms with Crippen LogP contribution in [-0.4, -0.2) is 23.7 Å². The van der Waals surface area contributed by atoms with Crippen LogP contribution in [0.4, 0.5) is 0 Å². The van der Waals surface area contributed by atoms with Crippen LogP contribution in [-0.2, 0) is 14.3 Å². The minimum atomic E-state index is -0.886. The highest BCUT2D eigenvalue weighted by Gasteiger charge is 2.21. The molecule has 0 radical (unpaired) electrons. The average Bonchev–Trinajstić information content (AvgIpc) is 2.65. The predicted molar refractivity (Wildman–Crippen MR) is 112 cm³/mol. The summed E-state index contributed by atoms with van der Waals surface area (Å²) in [5.74, 6) is -1.88. The van der Waals surface area contributed by atoms with Crippen molar-refractivity contribution in [2.24, 2.45) is 5.92 Å². The highest BCUT2D eigenvalue weighted by molar-refractivity contribution is 5.78. The van der Waals surface area contributed by atoms with Crippen molar-refractivity contribution in [2.75, 3.05) is 6.61 Å². The van der Waals surface area contributed by atoms with Gasteiger partial charge < -0.3 is 9.84 Å². The van der Waals surface area contributed by atoms with Gasteiger partial charge in [-0.2, -0.15) is 0 Å². The molecule has 0 aromatic heterocycles. The first kappa shape index (κ1) is 25.7. The maximum absolute atomic E-state index is 11.6. The molecule has 1 atom stereocenters. The van der Waals surface area contributed by atoms with Crippen molar-refractivity contribution < 1.29 is 19.4 Å². The summed E-state index contributed by atoms with van der Waals surface area (Å²) in [5, 5.41) is 9.24. The van der Waals surface area contributed by atoms with E-state index in [-0.39, 0.29) is 12.4 Å². The van der Waals surface area contributed by atoms with Gasteiger partial charge in [0, 0.05) is 0 Å². The molecule has 158 valence electrons. The van der Waals surface area contributed by atoms with Gasteiger partial charge in [-0.1, -0.05) is 77.4 Å². The number of unbranched alkanes of at least 4 members (excludes halogenated alkanes) is 10. The summed E-state index contributed by atoms with van der Waals surface area (Å²) in [6.07, 6.45) is 20.4. The number of carboxylic acids is 1. The monoisotopic (exact) mass is 382 g/mol. The van der Waals surface area contributed by atoms with E-state index in [4.69, 9.17) is 4.74 Å². The molecule has 0 amide bonds. The first-order valence-electron chi connectivity index (χ1n) is 11.1. The molecule has 27 heavy (non-hydrogen) atoms. The highest BCUT2D eigenvalue weighted by atomic mass is 16.5. The molecule has 1 N–H and O–H groups in total. The van der Waals surface area contributed by atoms with E-state index >= 15 is 0 Å². The SMILES string of the molecule is CCCCCCC/C=C/CCCCCCCC(CC(=O)OCCC)C(=O)O. The van der Waals surface area contributed by atoms with E-state index < -0.39 is 11.9 Å². The summed E-state index contributed by atoms with van der Waals surface area (Å²) in [6, 6.07) is 0. The molecule has 0 bridgehead atoms. The Kier molecular flexibility index (Phi) is 18.5. The second-order valence-corrected chi connectivity index (χ2v) is 7.48. The zero-order valence-electron chi connectivity index (χ0n) is 17.7. The maximum atomic E-state index is 11.6. The van der Waals surface area contributed by atoms with Gasteiger partial charge in [-0.3, -0.25) is 9.59 Å². The molecule has 0 saturated heterocycles. The Morgan fingerprint density at radius 2 is 1.37 bits per heavy atom. The lowest BCUT2D eigenvalue weighted by Crippen LogP contribution is -2.19. The summed E-state index contributed by atoms with van der Waals surface area (Å²) in [5.41, 5.74) is 0. The molecular formula is C23H42O4. The summed E-state index contributed by atoms with van der Waals surface area (Å²) in [4.78, 5) is 22.8. The van der Waals surface area contributed by atoms with E-state index in [0.29, 0.717) is 13.0 Å². The molecule has 0 fully saturated rings. The van der Waals surface area contributed by atoms with Crippen LogP contribution in [0, 0.1) is 5.92 Å². The molecule has 0 aliphatic heterocycles. The van der Waals surface area contributed by atoms with E-state index in [2.05, 4.69) is 19.1 Å². The van der Waals surface area contributed by atoms with Gasteiger partial charge >= 0.3 is 11.9 Å². The lowest BCUT2D eigenvalue weighted by Gasteiger charge is -2.11. The van der Waals surface area contributed by atoms with E-state index in [1.807, 2.05) is 6.92 Å². The molecule has 0 aliphatic rings. The largest absolute Gasteiger partial charge is 0.481 e. The fourth-order valence-electron chi connectivity index (χ4n) is 3.07. The van der Waals surface area contributed by atoms with E-state index in [9.17, 15) is 14.7 Å². The summed E-state index contributed by atoms with van der Waals surface area (Å²) >= 11 is 0. The summed E-state index contributed by atoms with van der Waals surface area (Å²) in [7, 11) is 0. The lowest BCUT2D eigenvalue weighted by molar-refractivity contribution is -0.151. The fourth-order valence-corrected chi connectivity index (χ4v) is 3.07. The van der Waals surface area contributed by atoms with Crippen LogP contribution in [0.5, 0.6) is 0 Å². The van der Waals surface area contributed by atoms with Crippen molar-refractivity contribution in [1.29, 1.82) is 0 Å². The average molecular weight is 383 g/mol. The molecule has 4 heteroatoms. The predicted octanol–water partition coefficient (Wildman–Crippen LogP) is 6.68. The minimum Gasteiger partial charge on any atom is -0.481 e. The van der Waals surface area contributed by atoms with Crippen LogP contribution in [0.25, 0.3) is 0 Å².